The third-order valence-electron chi connectivity index (χ3n) is 4.49. The fourth-order valence-electron chi connectivity index (χ4n) is 2.99. The van der Waals surface area contributed by atoms with Gasteiger partial charge in [-0.1, -0.05) is 13.0 Å². The molecule has 1 aromatic carbocycles. The molecule has 1 aromatic rings. The number of hydrogen-bond acceptors (Lipinski definition) is 2. The number of piperidine rings is 1. The first-order valence-corrected chi connectivity index (χ1v) is 6.85. The van der Waals surface area contributed by atoms with Crippen molar-refractivity contribution in [2.24, 2.45) is 5.92 Å². The molecule has 1 aliphatic rings. The highest BCUT2D eigenvalue weighted by Gasteiger charge is 2.34. The van der Waals surface area contributed by atoms with Crippen molar-refractivity contribution in [2.45, 2.75) is 39.3 Å². The van der Waals surface area contributed by atoms with Gasteiger partial charge in [0.25, 0.3) is 0 Å². The lowest BCUT2D eigenvalue weighted by molar-refractivity contribution is 0.279. The molecule has 0 aromatic heterocycles. The molecule has 3 atom stereocenters. The Bertz CT molecular complexity index is 462. The van der Waals surface area contributed by atoms with Crippen LogP contribution in [0.25, 0.3) is 0 Å². The van der Waals surface area contributed by atoms with Gasteiger partial charge in [-0.15, -0.1) is 0 Å². The fraction of sp³-hybridized carbons (Fsp3) is 0.600. The van der Waals surface area contributed by atoms with E-state index in [1.807, 2.05) is 18.9 Å². The number of aryl methyl sites for hydroxylation is 1. The number of anilines is 1. The molecule has 0 spiro atoms. The minimum Gasteiger partial charge on any atom is -0.364 e. The monoisotopic (exact) mass is 268 g/mol. The summed E-state index contributed by atoms with van der Waals surface area (Å²) in [5, 5.41) is 3.28. The molecule has 1 fully saturated rings. The summed E-state index contributed by atoms with van der Waals surface area (Å²) in [5.41, 5.74) is 0.626. The smallest absolute Gasteiger partial charge is 0.152 e. The Morgan fingerprint density at radius 2 is 1.95 bits per heavy atom. The van der Waals surface area contributed by atoms with Crippen molar-refractivity contribution < 1.29 is 8.78 Å². The summed E-state index contributed by atoms with van der Waals surface area (Å²) in [7, 11) is 1.94. The predicted molar refractivity (Wildman–Crippen MR) is 74.5 cm³/mol. The van der Waals surface area contributed by atoms with Gasteiger partial charge < -0.3 is 10.2 Å². The maximum Gasteiger partial charge on any atom is 0.152 e. The quantitative estimate of drug-likeness (QED) is 0.886. The van der Waals surface area contributed by atoms with E-state index in [-0.39, 0.29) is 11.7 Å². The van der Waals surface area contributed by atoms with Crippen LogP contribution in [-0.4, -0.2) is 25.7 Å². The predicted octanol–water partition coefficient (Wildman–Crippen LogP) is 3.10. The minimum atomic E-state index is -0.468. The number of benzene rings is 1. The van der Waals surface area contributed by atoms with Gasteiger partial charge in [0.1, 0.15) is 11.5 Å². The third-order valence-corrected chi connectivity index (χ3v) is 4.49. The van der Waals surface area contributed by atoms with Crippen LogP contribution in [-0.2, 0) is 0 Å². The zero-order chi connectivity index (χ0) is 14.2. The summed E-state index contributed by atoms with van der Waals surface area (Å²) in [6.45, 7) is 6.51. The third kappa shape index (κ3) is 2.46. The Morgan fingerprint density at radius 3 is 2.58 bits per heavy atom. The SMILES string of the molecule is CNC1CCN(c2c(F)ccc(C)c2F)C(C)C1C. The van der Waals surface area contributed by atoms with Crippen LogP contribution in [0.2, 0.25) is 0 Å². The van der Waals surface area contributed by atoms with Crippen molar-refractivity contribution in [3.63, 3.8) is 0 Å². The van der Waals surface area contributed by atoms with E-state index in [1.54, 1.807) is 6.92 Å². The van der Waals surface area contributed by atoms with Gasteiger partial charge in [-0.05, 0) is 44.9 Å². The van der Waals surface area contributed by atoms with Crippen LogP contribution in [0.3, 0.4) is 0 Å². The van der Waals surface area contributed by atoms with E-state index >= 15 is 0 Å². The Morgan fingerprint density at radius 1 is 1.26 bits per heavy atom. The van der Waals surface area contributed by atoms with Crippen molar-refractivity contribution >= 4 is 5.69 Å². The minimum absolute atomic E-state index is 0.108. The second-order valence-corrected chi connectivity index (χ2v) is 5.50. The highest BCUT2D eigenvalue weighted by molar-refractivity contribution is 5.53. The van der Waals surface area contributed by atoms with Crippen LogP contribution in [0, 0.1) is 24.5 Å². The van der Waals surface area contributed by atoms with E-state index in [4.69, 9.17) is 0 Å². The van der Waals surface area contributed by atoms with Gasteiger partial charge >= 0.3 is 0 Å². The second-order valence-electron chi connectivity index (χ2n) is 5.50. The molecule has 1 aliphatic heterocycles. The zero-order valence-electron chi connectivity index (χ0n) is 12.0. The molecule has 3 unspecified atom stereocenters. The van der Waals surface area contributed by atoms with E-state index in [0.717, 1.165) is 6.42 Å². The molecule has 0 amide bonds. The van der Waals surface area contributed by atoms with Crippen LogP contribution < -0.4 is 10.2 Å². The van der Waals surface area contributed by atoms with E-state index < -0.39 is 11.6 Å². The maximum absolute atomic E-state index is 14.2. The van der Waals surface area contributed by atoms with Crippen LogP contribution in [0.15, 0.2) is 12.1 Å². The van der Waals surface area contributed by atoms with E-state index in [0.29, 0.717) is 24.1 Å². The normalized spacial score (nSPS) is 27.7. The highest BCUT2D eigenvalue weighted by atomic mass is 19.1. The molecule has 1 saturated heterocycles. The van der Waals surface area contributed by atoms with Crippen LogP contribution >= 0.6 is 0 Å². The van der Waals surface area contributed by atoms with Gasteiger partial charge in [-0.25, -0.2) is 8.78 Å². The van der Waals surface area contributed by atoms with E-state index in [1.165, 1.54) is 12.1 Å². The maximum atomic E-state index is 14.2. The van der Waals surface area contributed by atoms with Crippen molar-refractivity contribution in [3.8, 4) is 0 Å². The first-order chi connectivity index (χ1) is 8.97. The molecule has 0 aliphatic carbocycles. The molecular formula is C15H22F2N2. The lowest BCUT2D eigenvalue weighted by Gasteiger charge is -2.44. The standard InChI is InChI=1S/C15H22F2N2/c1-9-5-6-12(16)15(14(9)17)19-8-7-13(18-4)10(2)11(19)3/h5-6,10-11,13,18H,7-8H2,1-4H3. The van der Waals surface area contributed by atoms with Gasteiger partial charge in [-0.3, -0.25) is 0 Å². The van der Waals surface area contributed by atoms with Crippen LogP contribution in [0.5, 0.6) is 0 Å². The summed E-state index contributed by atoms with van der Waals surface area (Å²) in [6, 6.07) is 3.36. The Kier molecular flexibility index (Phi) is 4.09. The fourth-order valence-corrected chi connectivity index (χ4v) is 2.99. The van der Waals surface area contributed by atoms with Crippen LogP contribution in [0.4, 0.5) is 14.5 Å². The number of rotatable bonds is 2. The average molecular weight is 268 g/mol. The summed E-state index contributed by atoms with van der Waals surface area (Å²) in [4.78, 5) is 1.87. The van der Waals surface area contributed by atoms with Gasteiger partial charge in [0.2, 0.25) is 0 Å². The van der Waals surface area contributed by atoms with Crippen molar-refractivity contribution in [3.05, 3.63) is 29.3 Å². The summed E-state index contributed by atoms with van der Waals surface area (Å²) < 4.78 is 28.2. The van der Waals surface area contributed by atoms with Crippen molar-refractivity contribution in [2.75, 3.05) is 18.5 Å². The van der Waals surface area contributed by atoms with E-state index in [2.05, 4.69) is 12.2 Å². The van der Waals surface area contributed by atoms with Gasteiger partial charge in [0.15, 0.2) is 5.82 Å². The first kappa shape index (κ1) is 14.3. The number of halogens is 2. The topological polar surface area (TPSA) is 15.3 Å². The lowest BCUT2D eigenvalue weighted by atomic mass is 9.86. The molecular weight excluding hydrogens is 246 g/mol. The Hall–Kier alpha value is -1.16. The molecule has 19 heavy (non-hydrogen) atoms. The zero-order valence-corrected chi connectivity index (χ0v) is 12.0. The Balaban J connectivity index is 2.35. The summed E-state index contributed by atoms with van der Waals surface area (Å²) in [6.07, 6.45) is 0.898. The molecule has 0 radical (unpaired) electrons. The van der Waals surface area contributed by atoms with E-state index in [9.17, 15) is 8.78 Å². The first-order valence-electron chi connectivity index (χ1n) is 6.85. The molecule has 2 nitrogen and oxygen atoms in total. The Labute approximate surface area is 113 Å². The van der Waals surface area contributed by atoms with Gasteiger partial charge in [0.05, 0.1) is 0 Å². The summed E-state index contributed by atoms with van der Waals surface area (Å²) in [5.74, 6) is -0.551. The van der Waals surface area contributed by atoms with Crippen molar-refractivity contribution in [1.82, 2.24) is 5.32 Å². The van der Waals surface area contributed by atoms with Crippen molar-refractivity contribution in [1.29, 1.82) is 0 Å². The van der Waals surface area contributed by atoms with Gasteiger partial charge in [-0.2, -0.15) is 0 Å². The lowest BCUT2D eigenvalue weighted by Crippen LogP contribution is -2.53. The molecule has 1 heterocycles. The molecule has 106 valence electrons. The molecule has 0 saturated carbocycles. The number of nitrogens with zero attached hydrogens (tertiary/aromatic N) is 1. The molecule has 2 rings (SSSR count). The second kappa shape index (κ2) is 5.45. The van der Waals surface area contributed by atoms with Crippen LogP contribution in [0.1, 0.15) is 25.8 Å². The van der Waals surface area contributed by atoms with Gasteiger partial charge in [0, 0.05) is 18.6 Å². The molecule has 0 bridgehead atoms. The number of nitrogens with one attached hydrogen (secondary N) is 1. The molecule has 4 heteroatoms. The molecule has 1 N–H and O–H groups in total. The number of hydrogen-bond donors (Lipinski definition) is 1. The highest BCUT2D eigenvalue weighted by Crippen LogP contribution is 2.33. The largest absolute Gasteiger partial charge is 0.364 e. The average Bonchev–Trinajstić information content (AvgIpc) is 2.39. The summed E-state index contributed by atoms with van der Waals surface area (Å²) >= 11 is 0.